The minimum absolute atomic E-state index is 0. The normalized spacial score (nSPS) is 16.1. The molecule has 1 aromatic heterocycles. The van der Waals surface area contributed by atoms with E-state index in [-0.39, 0.29) is 36.3 Å². The van der Waals surface area contributed by atoms with Crippen LogP contribution in [0.3, 0.4) is 0 Å². The van der Waals surface area contributed by atoms with Gasteiger partial charge in [-0.1, -0.05) is 18.2 Å². The number of nitrogens with zero attached hydrogens (tertiary/aromatic N) is 3. The number of hydrogen-bond acceptors (Lipinski definition) is 4. The monoisotopic (exact) mass is 571 g/mol. The van der Waals surface area contributed by atoms with Crippen LogP contribution in [0.1, 0.15) is 29.1 Å². The van der Waals surface area contributed by atoms with Crippen LogP contribution in [-0.4, -0.2) is 42.5 Å². The highest BCUT2D eigenvalue weighted by molar-refractivity contribution is 14.0. The van der Waals surface area contributed by atoms with Crippen LogP contribution in [0.15, 0.2) is 34.6 Å². The lowest BCUT2D eigenvalue weighted by atomic mass is 9.96. The van der Waals surface area contributed by atoms with E-state index >= 15 is 0 Å². The van der Waals surface area contributed by atoms with Gasteiger partial charge in [0.1, 0.15) is 10.8 Å². The van der Waals surface area contributed by atoms with Crippen LogP contribution in [0.25, 0.3) is 0 Å². The Hall–Kier alpha value is -1.47. The van der Waals surface area contributed by atoms with Gasteiger partial charge < -0.3 is 10.6 Å². The van der Waals surface area contributed by atoms with Crippen LogP contribution >= 0.6 is 35.3 Å². The second kappa shape index (κ2) is 12.0. The minimum Gasteiger partial charge on any atom is -0.356 e. The molecule has 1 aliphatic heterocycles. The van der Waals surface area contributed by atoms with E-state index in [1.165, 1.54) is 6.07 Å². The number of aromatic nitrogens is 1. The second-order valence-corrected chi connectivity index (χ2v) is 8.18. The molecule has 0 aliphatic carbocycles. The van der Waals surface area contributed by atoms with Crippen molar-refractivity contribution in [3.05, 3.63) is 51.7 Å². The molecule has 0 radical (unpaired) electrons. The van der Waals surface area contributed by atoms with E-state index in [1.54, 1.807) is 13.1 Å². The van der Waals surface area contributed by atoms with Crippen molar-refractivity contribution in [1.29, 1.82) is 0 Å². The number of alkyl halides is 3. The summed E-state index contributed by atoms with van der Waals surface area (Å²) in [6.07, 6.45) is -2.45. The maximum Gasteiger partial charge on any atom is 0.434 e. The maximum atomic E-state index is 13.8. The SMILES string of the molecule is CN=C(NCc1nc(C(F)(F)F)cs1)NCC1CCN(Cc2ccccc2F)CC1.I. The maximum absolute atomic E-state index is 13.8. The zero-order chi connectivity index (χ0) is 21.6. The van der Waals surface area contributed by atoms with Crippen molar-refractivity contribution in [2.24, 2.45) is 10.9 Å². The number of thiazole rings is 1. The largest absolute Gasteiger partial charge is 0.434 e. The van der Waals surface area contributed by atoms with E-state index in [2.05, 4.69) is 25.5 Å². The summed E-state index contributed by atoms with van der Waals surface area (Å²) in [7, 11) is 1.62. The van der Waals surface area contributed by atoms with E-state index in [9.17, 15) is 17.6 Å². The van der Waals surface area contributed by atoms with Crippen molar-refractivity contribution in [2.75, 3.05) is 26.7 Å². The Morgan fingerprint density at radius 2 is 1.94 bits per heavy atom. The van der Waals surface area contributed by atoms with Gasteiger partial charge in [0.25, 0.3) is 0 Å². The van der Waals surface area contributed by atoms with Crippen molar-refractivity contribution in [1.82, 2.24) is 20.5 Å². The first-order chi connectivity index (χ1) is 14.3. The van der Waals surface area contributed by atoms with Gasteiger partial charge in [-0.3, -0.25) is 9.89 Å². The fourth-order valence-corrected chi connectivity index (χ4v) is 4.10. The van der Waals surface area contributed by atoms with E-state index in [4.69, 9.17) is 0 Å². The van der Waals surface area contributed by atoms with Gasteiger partial charge in [0.2, 0.25) is 0 Å². The van der Waals surface area contributed by atoms with Crippen LogP contribution in [0.5, 0.6) is 0 Å². The van der Waals surface area contributed by atoms with Crippen molar-refractivity contribution in [3.63, 3.8) is 0 Å². The Kier molecular flexibility index (Phi) is 9.94. The summed E-state index contributed by atoms with van der Waals surface area (Å²) in [4.78, 5) is 9.98. The molecule has 5 nitrogen and oxygen atoms in total. The highest BCUT2D eigenvalue weighted by Gasteiger charge is 2.33. The Bertz CT molecular complexity index is 850. The molecule has 2 aromatic rings. The van der Waals surface area contributed by atoms with Gasteiger partial charge in [0.05, 0.1) is 6.54 Å². The van der Waals surface area contributed by atoms with Gasteiger partial charge in [-0.15, -0.1) is 35.3 Å². The van der Waals surface area contributed by atoms with Crippen molar-refractivity contribution < 1.29 is 17.6 Å². The highest BCUT2D eigenvalue weighted by Crippen LogP contribution is 2.29. The quantitative estimate of drug-likeness (QED) is 0.232. The first-order valence-corrected chi connectivity index (χ1v) is 10.6. The first-order valence-electron chi connectivity index (χ1n) is 9.77. The second-order valence-electron chi connectivity index (χ2n) is 7.24. The summed E-state index contributed by atoms with van der Waals surface area (Å²) < 4.78 is 51.7. The molecule has 0 bridgehead atoms. The third-order valence-electron chi connectivity index (χ3n) is 5.09. The summed E-state index contributed by atoms with van der Waals surface area (Å²) >= 11 is 0.968. The molecule has 1 fully saturated rings. The number of guanidine groups is 1. The summed E-state index contributed by atoms with van der Waals surface area (Å²) in [6, 6.07) is 6.85. The van der Waals surface area contributed by atoms with Crippen molar-refractivity contribution >= 4 is 41.3 Å². The fraction of sp³-hybridized carbons (Fsp3) is 0.500. The number of hydrogen-bond donors (Lipinski definition) is 2. The van der Waals surface area contributed by atoms with Crippen LogP contribution < -0.4 is 10.6 Å². The molecule has 1 aromatic carbocycles. The molecule has 1 aliphatic rings. The molecular weight excluding hydrogens is 545 g/mol. The number of likely N-dealkylation sites (tertiary alicyclic amines) is 1. The van der Waals surface area contributed by atoms with Crippen LogP contribution in [0, 0.1) is 11.7 Å². The molecule has 0 spiro atoms. The number of piperidine rings is 1. The Morgan fingerprint density at radius 1 is 1.23 bits per heavy atom. The summed E-state index contributed by atoms with van der Waals surface area (Å²) in [6.45, 7) is 3.31. The van der Waals surface area contributed by atoms with Crippen LogP contribution in [0.2, 0.25) is 0 Å². The molecule has 11 heteroatoms. The predicted molar refractivity (Wildman–Crippen MR) is 125 cm³/mol. The van der Waals surface area contributed by atoms with Gasteiger partial charge in [0.15, 0.2) is 11.7 Å². The molecule has 2 N–H and O–H groups in total. The van der Waals surface area contributed by atoms with Gasteiger partial charge >= 0.3 is 6.18 Å². The smallest absolute Gasteiger partial charge is 0.356 e. The predicted octanol–water partition coefficient (Wildman–Crippen LogP) is 4.50. The minimum atomic E-state index is -4.42. The molecule has 0 atom stereocenters. The molecule has 0 amide bonds. The summed E-state index contributed by atoms with van der Waals surface area (Å²) in [5, 5.41) is 7.61. The van der Waals surface area contributed by atoms with E-state index in [0.717, 1.165) is 54.8 Å². The lowest BCUT2D eigenvalue weighted by molar-refractivity contribution is -0.140. The van der Waals surface area contributed by atoms with Gasteiger partial charge in [-0.2, -0.15) is 13.2 Å². The molecular formula is C20H26F4IN5S. The molecule has 31 heavy (non-hydrogen) atoms. The van der Waals surface area contributed by atoms with Gasteiger partial charge in [-0.05, 0) is 37.9 Å². The van der Waals surface area contributed by atoms with E-state index < -0.39 is 11.9 Å². The number of benzene rings is 1. The Morgan fingerprint density at radius 3 is 2.55 bits per heavy atom. The molecule has 2 heterocycles. The van der Waals surface area contributed by atoms with Gasteiger partial charge in [-0.25, -0.2) is 9.37 Å². The van der Waals surface area contributed by atoms with Crippen LogP contribution in [-0.2, 0) is 19.3 Å². The van der Waals surface area contributed by atoms with E-state index in [0.29, 0.717) is 23.4 Å². The zero-order valence-corrected chi connectivity index (χ0v) is 20.2. The molecule has 0 saturated carbocycles. The van der Waals surface area contributed by atoms with Crippen molar-refractivity contribution in [2.45, 2.75) is 32.1 Å². The highest BCUT2D eigenvalue weighted by atomic mass is 127. The third-order valence-corrected chi connectivity index (χ3v) is 5.94. The number of rotatable bonds is 6. The number of halogens is 5. The lowest BCUT2D eigenvalue weighted by Crippen LogP contribution is -2.42. The summed E-state index contributed by atoms with van der Waals surface area (Å²) in [5.41, 5.74) is -0.149. The molecule has 172 valence electrons. The average molecular weight is 571 g/mol. The van der Waals surface area contributed by atoms with Gasteiger partial charge in [0, 0.05) is 31.1 Å². The summed E-state index contributed by atoms with van der Waals surface area (Å²) in [5.74, 6) is 0.823. The zero-order valence-electron chi connectivity index (χ0n) is 17.1. The third kappa shape index (κ3) is 7.86. The average Bonchev–Trinajstić information content (AvgIpc) is 3.21. The lowest BCUT2D eigenvalue weighted by Gasteiger charge is -2.32. The molecule has 1 saturated heterocycles. The molecule has 3 rings (SSSR count). The number of aliphatic imine (C=N–C) groups is 1. The Labute approximate surface area is 200 Å². The molecule has 0 unspecified atom stereocenters. The fourth-order valence-electron chi connectivity index (χ4n) is 3.36. The first kappa shape index (κ1) is 25.8. The Balaban J connectivity index is 0.00000341. The van der Waals surface area contributed by atoms with E-state index in [1.807, 2.05) is 12.1 Å². The topological polar surface area (TPSA) is 52.6 Å². The standard InChI is InChI=1S/C20H25F4N5S.HI/c1-25-19(27-11-18-28-17(13-30-18)20(22,23)24)26-10-14-6-8-29(9-7-14)12-15-4-2-3-5-16(15)21;/h2-5,13-14H,6-12H2,1H3,(H2,25,26,27);1H. The number of nitrogens with one attached hydrogen (secondary N) is 2. The van der Waals surface area contributed by atoms with Crippen molar-refractivity contribution in [3.8, 4) is 0 Å². The van der Waals surface area contributed by atoms with Crippen LogP contribution in [0.4, 0.5) is 17.6 Å².